The SMILES string of the molecule is C=C(Cl)CNc1ccc(OC(C)C)cc1. The molecule has 0 amide bonds. The molecule has 0 heterocycles. The molecular formula is C12H16ClNO. The van der Waals surface area contributed by atoms with Crippen LogP contribution in [0.15, 0.2) is 35.9 Å². The van der Waals surface area contributed by atoms with Crippen molar-refractivity contribution in [2.75, 3.05) is 11.9 Å². The molecule has 1 N–H and O–H groups in total. The Morgan fingerprint density at radius 1 is 1.40 bits per heavy atom. The van der Waals surface area contributed by atoms with Crippen LogP contribution in [0.25, 0.3) is 0 Å². The minimum absolute atomic E-state index is 0.200. The van der Waals surface area contributed by atoms with Gasteiger partial charge in [-0.05, 0) is 38.1 Å². The van der Waals surface area contributed by atoms with Gasteiger partial charge in [0, 0.05) is 10.7 Å². The zero-order valence-electron chi connectivity index (χ0n) is 9.09. The Bertz CT molecular complexity index is 319. The third-order valence-electron chi connectivity index (χ3n) is 1.71. The van der Waals surface area contributed by atoms with Crippen LogP contribution in [0.3, 0.4) is 0 Å². The van der Waals surface area contributed by atoms with Crippen molar-refractivity contribution in [3.63, 3.8) is 0 Å². The van der Waals surface area contributed by atoms with Crippen LogP contribution in [0.4, 0.5) is 5.69 Å². The van der Waals surface area contributed by atoms with Crippen LogP contribution < -0.4 is 10.1 Å². The number of benzene rings is 1. The van der Waals surface area contributed by atoms with E-state index in [1.165, 1.54) is 0 Å². The number of ether oxygens (including phenoxy) is 1. The van der Waals surface area contributed by atoms with Gasteiger partial charge in [0.2, 0.25) is 0 Å². The van der Waals surface area contributed by atoms with E-state index >= 15 is 0 Å². The van der Waals surface area contributed by atoms with Crippen molar-refractivity contribution in [1.29, 1.82) is 0 Å². The summed E-state index contributed by atoms with van der Waals surface area (Å²) >= 11 is 5.65. The van der Waals surface area contributed by atoms with Crippen LogP contribution in [0.5, 0.6) is 5.75 Å². The molecule has 0 aliphatic heterocycles. The van der Waals surface area contributed by atoms with E-state index in [-0.39, 0.29) is 6.10 Å². The van der Waals surface area contributed by atoms with Crippen LogP contribution in [-0.2, 0) is 0 Å². The Balaban J connectivity index is 2.52. The molecule has 0 unspecified atom stereocenters. The fourth-order valence-electron chi connectivity index (χ4n) is 1.12. The fourth-order valence-corrected chi connectivity index (χ4v) is 1.19. The number of halogens is 1. The van der Waals surface area contributed by atoms with Crippen molar-refractivity contribution in [2.24, 2.45) is 0 Å². The highest BCUT2D eigenvalue weighted by Crippen LogP contribution is 2.17. The quantitative estimate of drug-likeness (QED) is 0.826. The number of hydrogen-bond acceptors (Lipinski definition) is 2. The van der Waals surface area contributed by atoms with E-state index < -0.39 is 0 Å². The molecule has 2 nitrogen and oxygen atoms in total. The standard InChI is InChI=1S/C12H16ClNO/c1-9(2)15-12-6-4-11(5-7-12)14-8-10(3)13/h4-7,9,14H,3,8H2,1-2H3. The highest BCUT2D eigenvalue weighted by molar-refractivity contribution is 6.29. The summed E-state index contributed by atoms with van der Waals surface area (Å²) in [7, 11) is 0. The monoisotopic (exact) mass is 225 g/mol. The van der Waals surface area contributed by atoms with Gasteiger partial charge in [-0.15, -0.1) is 0 Å². The lowest BCUT2D eigenvalue weighted by Gasteiger charge is -2.10. The van der Waals surface area contributed by atoms with Gasteiger partial charge in [-0.1, -0.05) is 18.2 Å². The van der Waals surface area contributed by atoms with Crippen LogP contribution in [0, 0.1) is 0 Å². The van der Waals surface area contributed by atoms with E-state index in [4.69, 9.17) is 16.3 Å². The zero-order valence-corrected chi connectivity index (χ0v) is 9.84. The third kappa shape index (κ3) is 4.75. The second kappa shape index (κ2) is 5.66. The summed E-state index contributed by atoms with van der Waals surface area (Å²) in [6.45, 7) is 8.19. The van der Waals surface area contributed by atoms with Gasteiger partial charge in [0.1, 0.15) is 5.75 Å². The van der Waals surface area contributed by atoms with Crippen molar-refractivity contribution < 1.29 is 4.74 Å². The fraction of sp³-hybridized carbons (Fsp3) is 0.333. The lowest BCUT2D eigenvalue weighted by Crippen LogP contribution is -2.05. The molecule has 0 atom stereocenters. The van der Waals surface area contributed by atoms with E-state index in [1.54, 1.807) is 0 Å². The molecule has 0 saturated carbocycles. The summed E-state index contributed by atoms with van der Waals surface area (Å²) in [4.78, 5) is 0. The molecule has 0 bridgehead atoms. The Labute approximate surface area is 95.9 Å². The van der Waals surface area contributed by atoms with Gasteiger partial charge in [-0.2, -0.15) is 0 Å². The lowest BCUT2D eigenvalue weighted by molar-refractivity contribution is 0.242. The summed E-state index contributed by atoms with van der Waals surface area (Å²) in [5.74, 6) is 0.875. The first-order valence-electron chi connectivity index (χ1n) is 4.92. The van der Waals surface area contributed by atoms with Gasteiger partial charge >= 0.3 is 0 Å². The van der Waals surface area contributed by atoms with E-state index in [0.29, 0.717) is 11.6 Å². The van der Waals surface area contributed by atoms with Gasteiger partial charge in [-0.3, -0.25) is 0 Å². The molecule has 82 valence electrons. The first-order valence-corrected chi connectivity index (χ1v) is 5.29. The Morgan fingerprint density at radius 3 is 2.47 bits per heavy atom. The normalized spacial score (nSPS) is 10.1. The summed E-state index contributed by atoms with van der Waals surface area (Å²) in [5, 5.41) is 3.73. The van der Waals surface area contributed by atoms with Gasteiger partial charge in [-0.25, -0.2) is 0 Å². The van der Waals surface area contributed by atoms with Crippen LogP contribution in [-0.4, -0.2) is 12.6 Å². The minimum Gasteiger partial charge on any atom is -0.491 e. The van der Waals surface area contributed by atoms with Crippen LogP contribution in [0.1, 0.15) is 13.8 Å². The molecule has 1 rings (SSSR count). The second-order valence-corrected chi connectivity index (χ2v) is 4.10. The summed E-state index contributed by atoms with van der Waals surface area (Å²) in [6.07, 6.45) is 0.200. The van der Waals surface area contributed by atoms with Crippen molar-refractivity contribution in [3.8, 4) is 5.75 Å². The maximum atomic E-state index is 5.65. The summed E-state index contributed by atoms with van der Waals surface area (Å²) in [6, 6.07) is 7.77. The minimum atomic E-state index is 0.200. The molecule has 3 heteroatoms. The maximum absolute atomic E-state index is 5.65. The van der Waals surface area contributed by atoms with E-state index in [9.17, 15) is 0 Å². The Morgan fingerprint density at radius 2 is 2.00 bits per heavy atom. The van der Waals surface area contributed by atoms with Gasteiger partial charge < -0.3 is 10.1 Å². The first kappa shape index (κ1) is 11.9. The molecule has 1 aromatic rings. The first-order chi connectivity index (χ1) is 7.08. The molecule has 0 saturated heterocycles. The van der Waals surface area contributed by atoms with E-state index in [2.05, 4.69) is 11.9 Å². The molecule has 0 spiro atoms. The van der Waals surface area contributed by atoms with Gasteiger partial charge in [0.15, 0.2) is 0 Å². The predicted molar refractivity (Wildman–Crippen MR) is 65.7 cm³/mol. The average molecular weight is 226 g/mol. The highest BCUT2D eigenvalue weighted by atomic mass is 35.5. The largest absolute Gasteiger partial charge is 0.491 e. The zero-order chi connectivity index (χ0) is 11.3. The van der Waals surface area contributed by atoms with Crippen LogP contribution >= 0.6 is 11.6 Å². The van der Waals surface area contributed by atoms with E-state index in [1.807, 2.05) is 38.1 Å². The molecule has 0 aliphatic rings. The van der Waals surface area contributed by atoms with Crippen molar-refractivity contribution in [3.05, 3.63) is 35.9 Å². The molecular weight excluding hydrogens is 210 g/mol. The van der Waals surface area contributed by atoms with Crippen molar-refractivity contribution in [1.82, 2.24) is 0 Å². The topological polar surface area (TPSA) is 21.3 Å². The number of rotatable bonds is 5. The highest BCUT2D eigenvalue weighted by Gasteiger charge is 1.97. The lowest BCUT2D eigenvalue weighted by atomic mass is 10.3. The molecule has 15 heavy (non-hydrogen) atoms. The summed E-state index contributed by atoms with van der Waals surface area (Å²) in [5.41, 5.74) is 1.01. The molecule has 0 aromatic heterocycles. The molecule has 0 radical (unpaired) electrons. The molecule has 1 aromatic carbocycles. The Kier molecular flexibility index (Phi) is 4.50. The summed E-state index contributed by atoms with van der Waals surface area (Å²) < 4.78 is 5.52. The second-order valence-electron chi connectivity index (χ2n) is 3.56. The Hall–Kier alpha value is -1.15. The number of nitrogens with one attached hydrogen (secondary N) is 1. The van der Waals surface area contributed by atoms with Crippen molar-refractivity contribution in [2.45, 2.75) is 20.0 Å². The van der Waals surface area contributed by atoms with Gasteiger partial charge in [0.05, 0.1) is 12.6 Å². The molecule has 0 aliphatic carbocycles. The number of hydrogen-bond donors (Lipinski definition) is 1. The van der Waals surface area contributed by atoms with E-state index in [0.717, 1.165) is 11.4 Å². The maximum Gasteiger partial charge on any atom is 0.119 e. The third-order valence-corrected chi connectivity index (χ3v) is 1.84. The van der Waals surface area contributed by atoms with Crippen LogP contribution in [0.2, 0.25) is 0 Å². The van der Waals surface area contributed by atoms with Gasteiger partial charge in [0.25, 0.3) is 0 Å². The number of anilines is 1. The van der Waals surface area contributed by atoms with Crippen molar-refractivity contribution >= 4 is 17.3 Å². The average Bonchev–Trinajstić information content (AvgIpc) is 2.16. The smallest absolute Gasteiger partial charge is 0.119 e. The predicted octanol–water partition coefficient (Wildman–Crippen LogP) is 3.64. The molecule has 0 fully saturated rings.